The number of aryl methyl sites for hydroxylation is 2. The van der Waals surface area contributed by atoms with Crippen molar-refractivity contribution in [2.75, 3.05) is 11.9 Å². The number of aromatic nitrogens is 1. The molecule has 5 heteroatoms. The number of rotatable bonds is 7. The van der Waals surface area contributed by atoms with Gasteiger partial charge >= 0.3 is 5.97 Å². The van der Waals surface area contributed by atoms with Crippen molar-refractivity contribution in [1.29, 1.82) is 0 Å². The molecule has 1 aromatic heterocycles. The van der Waals surface area contributed by atoms with Gasteiger partial charge in [0, 0.05) is 17.8 Å². The third kappa shape index (κ3) is 4.10. The van der Waals surface area contributed by atoms with E-state index >= 15 is 0 Å². The molecule has 0 aliphatic carbocycles. The van der Waals surface area contributed by atoms with Crippen LogP contribution < -0.4 is 5.32 Å². The number of benzene rings is 1. The quantitative estimate of drug-likeness (QED) is 0.621. The number of nitrogens with one attached hydrogen (secondary N) is 1. The minimum Gasteiger partial charge on any atom is -0.462 e. The van der Waals surface area contributed by atoms with Crippen molar-refractivity contribution < 1.29 is 14.1 Å². The summed E-state index contributed by atoms with van der Waals surface area (Å²) in [7, 11) is 0. The Hall–Kier alpha value is -2.30. The Kier molecular flexibility index (Phi) is 5.58. The predicted molar refractivity (Wildman–Crippen MR) is 84.9 cm³/mol. The number of ether oxygens (including phenoxy) is 1. The molecule has 0 aliphatic rings. The Morgan fingerprint density at radius 3 is 2.86 bits per heavy atom. The molecule has 1 heterocycles. The molecule has 118 valence electrons. The lowest BCUT2D eigenvalue weighted by atomic mass is 10.1. The molecule has 0 unspecified atom stereocenters. The van der Waals surface area contributed by atoms with E-state index < -0.39 is 0 Å². The number of nitrogens with zero attached hydrogens (tertiary/aromatic N) is 1. The molecule has 0 saturated heterocycles. The molecule has 0 radical (unpaired) electrons. The molecule has 22 heavy (non-hydrogen) atoms. The van der Waals surface area contributed by atoms with Crippen molar-refractivity contribution in [1.82, 2.24) is 5.16 Å². The summed E-state index contributed by atoms with van der Waals surface area (Å²) in [6.07, 6.45) is 1.89. The summed E-state index contributed by atoms with van der Waals surface area (Å²) in [6.45, 7) is 6.93. The van der Waals surface area contributed by atoms with E-state index in [-0.39, 0.29) is 5.97 Å². The number of hydrogen-bond donors (Lipinski definition) is 1. The van der Waals surface area contributed by atoms with E-state index in [0.29, 0.717) is 18.7 Å². The normalized spacial score (nSPS) is 10.5. The van der Waals surface area contributed by atoms with Gasteiger partial charge in [0.05, 0.1) is 17.9 Å². The molecule has 0 saturated carbocycles. The van der Waals surface area contributed by atoms with Crippen LogP contribution in [-0.2, 0) is 11.3 Å². The molecule has 0 amide bonds. The Balaban J connectivity index is 1.98. The maximum atomic E-state index is 11.9. The van der Waals surface area contributed by atoms with Gasteiger partial charge in [-0.25, -0.2) is 4.79 Å². The number of esters is 1. The first-order valence-electron chi connectivity index (χ1n) is 7.54. The van der Waals surface area contributed by atoms with Gasteiger partial charge in [0.15, 0.2) is 0 Å². The van der Waals surface area contributed by atoms with Gasteiger partial charge in [0.2, 0.25) is 0 Å². The molecule has 0 atom stereocenters. The van der Waals surface area contributed by atoms with E-state index in [1.54, 1.807) is 12.1 Å². The number of anilines is 1. The van der Waals surface area contributed by atoms with Crippen LogP contribution >= 0.6 is 0 Å². The van der Waals surface area contributed by atoms with Gasteiger partial charge in [-0.2, -0.15) is 0 Å². The van der Waals surface area contributed by atoms with E-state index in [2.05, 4.69) is 17.4 Å². The molecular weight excluding hydrogens is 280 g/mol. The maximum absolute atomic E-state index is 11.9. The molecule has 1 N–H and O–H groups in total. The van der Waals surface area contributed by atoms with Gasteiger partial charge in [-0.3, -0.25) is 0 Å². The van der Waals surface area contributed by atoms with Crippen molar-refractivity contribution in [3.8, 4) is 0 Å². The van der Waals surface area contributed by atoms with Crippen LogP contribution in [-0.4, -0.2) is 17.7 Å². The Labute approximate surface area is 130 Å². The van der Waals surface area contributed by atoms with Crippen molar-refractivity contribution >= 4 is 11.7 Å². The van der Waals surface area contributed by atoms with Crippen LogP contribution in [0.2, 0.25) is 0 Å². The van der Waals surface area contributed by atoms with Gasteiger partial charge in [-0.15, -0.1) is 0 Å². The molecule has 5 nitrogen and oxygen atoms in total. The molecule has 0 aliphatic heterocycles. The summed E-state index contributed by atoms with van der Waals surface area (Å²) < 4.78 is 10.4. The lowest BCUT2D eigenvalue weighted by Gasteiger charge is -2.08. The number of unbranched alkanes of at least 4 members (excludes halogenated alkanes) is 1. The van der Waals surface area contributed by atoms with Gasteiger partial charge < -0.3 is 14.6 Å². The first-order chi connectivity index (χ1) is 10.6. The molecule has 0 fully saturated rings. The second-order valence-electron chi connectivity index (χ2n) is 5.23. The molecular formula is C17H22N2O3. The van der Waals surface area contributed by atoms with Crippen LogP contribution in [0, 0.1) is 13.8 Å². The van der Waals surface area contributed by atoms with Crippen LogP contribution in [0.1, 0.15) is 47.1 Å². The standard InChI is InChI=1S/C17H22N2O3/c1-4-5-9-21-17(20)14-7-6-8-15(10-14)18-11-16-12(2)19-22-13(16)3/h6-8,10,18H,4-5,9,11H2,1-3H3. The maximum Gasteiger partial charge on any atom is 0.338 e. The largest absolute Gasteiger partial charge is 0.462 e. The zero-order valence-corrected chi connectivity index (χ0v) is 13.3. The van der Waals surface area contributed by atoms with E-state index in [4.69, 9.17) is 9.26 Å². The topological polar surface area (TPSA) is 64.4 Å². The summed E-state index contributed by atoms with van der Waals surface area (Å²) in [6, 6.07) is 7.31. The van der Waals surface area contributed by atoms with Crippen LogP contribution in [0.4, 0.5) is 5.69 Å². The van der Waals surface area contributed by atoms with Gasteiger partial charge in [-0.05, 0) is 38.5 Å². The zero-order valence-electron chi connectivity index (χ0n) is 13.3. The lowest BCUT2D eigenvalue weighted by Crippen LogP contribution is -2.07. The predicted octanol–water partition coefficient (Wildman–Crippen LogP) is 3.86. The Bertz CT molecular complexity index is 615. The fourth-order valence-corrected chi connectivity index (χ4v) is 2.09. The average Bonchev–Trinajstić information content (AvgIpc) is 2.84. The number of carbonyl (C=O) groups excluding carboxylic acids is 1. The third-order valence-electron chi connectivity index (χ3n) is 3.48. The average molecular weight is 302 g/mol. The number of carbonyl (C=O) groups is 1. The highest BCUT2D eigenvalue weighted by Crippen LogP contribution is 2.17. The first kappa shape index (κ1) is 16.1. The van der Waals surface area contributed by atoms with Crippen LogP contribution in [0.25, 0.3) is 0 Å². The Morgan fingerprint density at radius 1 is 1.36 bits per heavy atom. The second-order valence-corrected chi connectivity index (χ2v) is 5.23. The SMILES string of the molecule is CCCCOC(=O)c1cccc(NCc2c(C)noc2C)c1. The highest BCUT2D eigenvalue weighted by Gasteiger charge is 2.10. The van der Waals surface area contributed by atoms with Gasteiger partial charge in [0.1, 0.15) is 5.76 Å². The second kappa shape index (κ2) is 7.64. The van der Waals surface area contributed by atoms with Crippen LogP contribution in [0.3, 0.4) is 0 Å². The van der Waals surface area contributed by atoms with E-state index in [9.17, 15) is 4.79 Å². The fraction of sp³-hybridized carbons (Fsp3) is 0.412. The van der Waals surface area contributed by atoms with Crippen LogP contribution in [0.5, 0.6) is 0 Å². The minimum absolute atomic E-state index is 0.283. The van der Waals surface area contributed by atoms with Crippen molar-refractivity contribution in [3.63, 3.8) is 0 Å². The summed E-state index contributed by atoms with van der Waals surface area (Å²) in [5.74, 6) is 0.523. The smallest absolute Gasteiger partial charge is 0.338 e. The van der Waals surface area contributed by atoms with Gasteiger partial charge in [-0.1, -0.05) is 24.6 Å². The zero-order chi connectivity index (χ0) is 15.9. The molecule has 1 aromatic carbocycles. The molecule has 0 spiro atoms. The summed E-state index contributed by atoms with van der Waals surface area (Å²) in [5.41, 5.74) is 3.33. The fourth-order valence-electron chi connectivity index (χ4n) is 2.09. The highest BCUT2D eigenvalue weighted by atomic mass is 16.5. The number of hydrogen-bond acceptors (Lipinski definition) is 5. The third-order valence-corrected chi connectivity index (χ3v) is 3.48. The van der Waals surface area contributed by atoms with Crippen LogP contribution in [0.15, 0.2) is 28.8 Å². The minimum atomic E-state index is -0.283. The summed E-state index contributed by atoms with van der Waals surface area (Å²) in [4.78, 5) is 11.9. The molecule has 2 aromatic rings. The van der Waals surface area contributed by atoms with E-state index in [1.165, 1.54) is 0 Å². The van der Waals surface area contributed by atoms with Crippen molar-refractivity contribution in [2.24, 2.45) is 0 Å². The van der Waals surface area contributed by atoms with E-state index in [0.717, 1.165) is 35.5 Å². The van der Waals surface area contributed by atoms with E-state index in [1.807, 2.05) is 26.0 Å². The first-order valence-corrected chi connectivity index (χ1v) is 7.54. The van der Waals surface area contributed by atoms with Crippen molar-refractivity contribution in [2.45, 2.75) is 40.2 Å². The highest BCUT2D eigenvalue weighted by molar-refractivity contribution is 5.90. The molecule has 2 rings (SSSR count). The summed E-state index contributed by atoms with van der Waals surface area (Å²) in [5, 5.41) is 7.21. The molecule has 0 bridgehead atoms. The summed E-state index contributed by atoms with van der Waals surface area (Å²) >= 11 is 0. The Morgan fingerprint density at radius 2 is 2.18 bits per heavy atom. The monoisotopic (exact) mass is 302 g/mol. The van der Waals surface area contributed by atoms with Gasteiger partial charge in [0.25, 0.3) is 0 Å². The van der Waals surface area contributed by atoms with Crippen molar-refractivity contribution in [3.05, 3.63) is 46.8 Å². The lowest BCUT2D eigenvalue weighted by molar-refractivity contribution is 0.0500.